The van der Waals surface area contributed by atoms with E-state index < -0.39 is 0 Å². The maximum absolute atomic E-state index is 4.75. The maximum atomic E-state index is 4.75. The molecule has 1 unspecified atom stereocenters. The van der Waals surface area contributed by atoms with Crippen LogP contribution in [0.5, 0.6) is 0 Å². The van der Waals surface area contributed by atoms with Crippen LogP contribution in [0.3, 0.4) is 0 Å². The van der Waals surface area contributed by atoms with Crippen LogP contribution in [0.25, 0.3) is 5.69 Å². The molecule has 1 atom stereocenters. The summed E-state index contributed by atoms with van der Waals surface area (Å²) in [6.45, 7) is 6.89. The molecule has 2 fully saturated rings. The van der Waals surface area contributed by atoms with Crippen molar-refractivity contribution in [2.45, 2.75) is 38.1 Å². The van der Waals surface area contributed by atoms with E-state index >= 15 is 0 Å². The van der Waals surface area contributed by atoms with Crippen LogP contribution >= 0.6 is 0 Å². The van der Waals surface area contributed by atoms with E-state index in [9.17, 15) is 0 Å². The fourth-order valence-corrected chi connectivity index (χ4v) is 4.10. The largest absolute Gasteiger partial charge is 0.315 e. The number of nitrogens with one attached hydrogen (secondary N) is 1. The Labute approximate surface area is 138 Å². The zero-order valence-electron chi connectivity index (χ0n) is 13.9. The number of nitrogens with zero attached hydrogens (tertiary/aromatic N) is 3. The number of hydrogen-bond donors (Lipinski definition) is 1. The van der Waals surface area contributed by atoms with Gasteiger partial charge in [-0.1, -0.05) is 18.2 Å². The summed E-state index contributed by atoms with van der Waals surface area (Å²) in [7, 11) is 0. The van der Waals surface area contributed by atoms with Gasteiger partial charge < -0.3 is 5.32 Å². The molecule has 1 N–H and O–H groups in total. The van der Waals surface area contributed by atoms with Crippen LogP contribution in [0, 0.1) is 6.92 Å². The van der Waals surface area contributed by atoms with Crippen molar-refractivity contribution in [3.8, 4) is 5.69 Å². The Morgan fingerprint density at radius 1 is 1.09 bits per heavy atom. The van der Waals surface area contributed by atoms with Gasteiger partial charge in [0.25, 0.3) is 0 Å². The van der Waals surface area contributed by atoms with Gasteiger partial charge in [0.1, 0.15) is 0 Å². The van der Waals surface area contributed by atoms with Crippen LogP contribution in [-0.2, 0) is 0 Å². The zero-order valence-corrected chi connectivity index (χ0v) is 13.9. The van der Waals surface area contributed by atoms with Gasteiger partial charge in [0, 0.05) is 24.2 Å². The highest BCUT2D eigenvalue weighted by Crippen LogP contribution is 2.31. The molecule has 0 aliphatic carbocycles. The second-order valence-corrected chi connectivity index (χ2v) is 6.91. The van der Waals surface area contributed by atoms with Gasteiger partial charge >= 0.3 is 0 Å². The molecule has 1 aromatic carbocycles. The lowest BCUT2D eigenvalue weighted by Gasteiger charge is -2.35. The lowest BCUT2D eigenvalue weighted by atomic mass is 9.92. The first-order chi connectivity index (χ1) is 11.3. The van der Waals surface area contributed by atoms with Crippen LogP contribution in [0.4, 0.5) is 0 Å². The summed E-state index contributed by atoms with van der Waals surface area (Å²) in [6, 6.07) is 13.6. The third-order valence-electron chi connectivity index (χ3n) is 5.36. The van der Waals surface area contributed by atoms with Gasteiger partial charge in [0.2, 0.25) is 0 Å². The molecule has 2 aliphatic rings. The minimum absolute atomic E-state index is 0.627. The quantitative estimate of drug-likeness (QED) is 0.946. The predicted molar refractivity (Wildman–Crippen MR) is 93.1 cm³/mol. The first-order valence-electron chi connectivity index (χ1n) is 8.88. The van der Waals surface area contributed by atoms with Crippen molar-refractivity contribution >= 4 is 0 Å². The molecular formula is C19H26N4. The van der Waals surface area contributed by atoms with Crippen molar-refractivity contribution in [1.82, 2.24) is 20.0 Å². The summed E-state index contributed by atoms with van der Waals surface area (Å²) in [5.41, 5.74) is 3.68. The molecule has 23 heavy (non-hydrogen) atoms. The van der Waals surface area contributed by atoms with Crippen molar-refractivity contribution in [3.05, 3.63) is 47.8 Å². The van der Waals surface area contributed by atoms with E-state index in [-0.39, 0.29) is 0 Å². The van der Waals surface area contributed by atoms with Crippen molar-refractivity contribution < 1.29 is 0 Å². The molecule has 0 spiro atoms. The third-order valence-corrected chi connectivity index (χ3v) is 5.36. The third kappa shape index (κ3) is 3.06. The lowest BCUT2D eigenvalue weighted by molar-refractivity contribution is 0.160. The van der Waals surface area contributed by atoms with Gasteiger partial charge in [-0.25, -0.2) is 4.68 Å². The Morgan fingerprint density at radius 3 is 2.57 bits per heavy atom. The van der Waals surface area contributed by atoms with Crippen molar-refractivity contribution in [1.29, 1.82) is 0 Å². The molecule has 0 amide bonds. The normalized spacial score (nSPS) is 23.4. The molecule has 0 saturated carbocycles. The smallest absolute Gasteiger partial charge is 0.0649 e. The maximum Gasteiger partial charge on any atom is 0.0649 e. The van der Waals surface area contributed by atoms with E-state index in [1.54, 1.807) is 0 Å². The molecule has 4 nitrogen and oxygen atoms in total. The van der Waals surface area contributed by atoms with Crippen LogP contribution in [0.2, 0.25) is 0 Å². The van der Waals surface area contributed by atoms with E-state index in [1.165, 1.54) is 56.8 Å². The summed E-state index contributed by atoms with van der Waals surface area (Å²) in [5.74, 6) is 0.627. The Balaban J connectivity index is 1.51. The fourth-order valence-electron chi connectivity index (χ4n) is 4.10. The molecule has 2 saturated heterocycles. The minimum atomic E-state index is 0.627. The second kappa shape index (κ2) is 6.46. The van der Waals surface area contributed by atoms with Crippen LogP contribution in [0.1, 0.15) is 36.6 Å². The highest BCUT2D eigenvalue weighted by Gasteiger charge is 2.29. The van der Waals surface area contributed by atoms with E-state index in [4.69, 9.17) is 5.10 Å². The van der Waals surface area contributed by atoms with Gasteiger partial charge in [-0.3, -0.25) is 4.90 Å². The molecule has 0 radical (unpaired) electrons. The second-order valence-electron chi connectivity index (χ2n) is 6.91. The van der Waals surface area contributed by atoms with Crippen LogP contribution in [0.15, 0.2) is 36.4 Å². The Kier molecular flexibility index (Phi) is 4.19. The predicted octanol–water partition coefficient (Wildman–Crippen LogP) is 2.72. The van der Waals surface area contributed by atoms with E-state index in [2.05, 4.69) is 58.2 Å². The number of likely N-dealkylation sites (tertiary alicyclic amines) is 1. The topological polar surface area (TPSA) is 33.1 Å². The van der Waals surface area contributed by atoms with Gasteiger partial charge in [0.15, 0.2) is 0 Å². The average molecular weight is 310 g/mol. The molecule has 2 aliphatic heterocycles. The van der Waals surface area contributed by atoms with Gasteiger partial charge in [0.05, 0.1) is 11.4 Å². The summed E-state index contributed by atoms with van der Waals surface area (Å²) < 4.78 is 2.16. The number of benzene rings is 1. The SMILES string of the molecule is Cc1cc(C2CCN(C3CCNC3)CC2)n(-c2ccccc2)n1. The number of aryl methyl sites for hydroxylation is 1. The van der Waals surface area contributed by atoms with E-state index in [0.717, 1.165) is 11.7 Å². The van der Waals surface area contributed by atoms with Crippen LogP contribution in [-0.4, -0.2) is 46.9 Å². The minimum Gasteiger partial charge on any atom is -0.315 e. The zero-order chi connectivity index (χ0) is 15.6. The Morgan fingerprint density at radius 2 is 1.87 bits per heavy atom. The highest BCUT2D eigenvalue weighted by molar-refractivity contribution is 5.34. The monoisotopic (exact) mass is 310 g/mol. The standard InChI is InChI=1S/C19H26N4/c1-15-13-19(23(21-15)17-5-3-2-4-6-17)16-8-11-22(12-9-16)18-7-10-20-14-18/h2-6,13,16,18,20H,7-12,14H2,1H3. The average Bonchev–Trinajstić information content (AvgIpc) is 3.25. The molecule has 2 aromatic rings. The van der Waals surface area contributed by atoms with Crippen molar-refractivity contribution in [3.63, 3.8) is 0 Å². The summed E-state index contributed by atoms with van der Waals surface area (Å²) in [4.78, 5) is 2.69. The number of aromatic nitrogens is 2. The first-order valence-corrected chi connectivity index (χ1v) is 8.88. The molecule has 3 heterocycles. The summed E-state index contributed by atoms with van der Waals surface area (Å²) >= 11 is 0. The molecule has 122 valence electrons. The summed E-state index contributed by atoms with van der Waals surface area (Å²) in [5, 5.41) is 8.24. The first kappa shape index (κ1) is 14.9. The van der Waals surface area contributed by atoms with Crippen LogP contribution < -0.4 is 5.32 Å². The number of para-hydroxylation sites is 1. The van der Waals surface area contributed by atoms with Crippen molar-refractivity contribution in [2.24, 2.45) is 0 Å². The van der Waals surface area contributed by atoms with Gasteiger partial charge in [-0.2, -0.15) is 5.10 Å². The van der Waals surface area contributed by atoms with Gasteiger partial charge in [-0.15, -0.1) is 0 Å². The molecule has 4 rings (SSSR count). The van der Waals surface area contributed by atoms with Gasteiger partial charge in [-0.05, 0) is 64.0 Å². The molecule has 0 bridgehead atoms. The highest BCUT2D eigenvalue weighted by atomic mass is 15.3. The summed E-state index contributed by atoms with van der Waals surface area (Å²) in [6.07, 6.45) is 3.80. The number of rotatable bonds is 3. The lowest BCUT2D eigenvalue weighted by Crippen LogP contribution is -2.42. The molecule has 1 aromatic heterocycles. The molecular weight excluding hydrogens is 284 g/mol. The fraction of sp³-hybridized carbons (Fsp3) is 0.526. The molecule has 4 heteroatoms. The van der Waals surface area contributed by atoms with E-state index in [1.807, 2.05) is 0 Å². The van der Waals surface area contributed by atoms with Crippen molar-refractivity contribution in [2.75, 3.05) is 26.2 Å². The number of hydrogen-bond acceptors (Lipinski definition) is 3. The Bertz CT molecular complexity index is 635. The number of piperidine rings is 1. The van der Waals surface area contributed by atoms with E-state index in [0.29, 0.717) is 5.92 Å². The Hall–Kier alpha value is -1.65.